The fraction of sp³-hybridized carbons (Fsp3) is 0.250. The van der Waals surface area contributed by atoms with Crippen molar-refractivity contribution in [2.45, 2.75) is 6.92 Å². The number of thiophene rings is 2. The van der Waals surface area contributed by atoms with Crippen LogP contribution < -0.4 is 4.80 Å². The molecule has 3 aromatic heterocycles. The first-order valence-corrected chi connectivity index (χ1v) is 9.76. The van der Waals surface area contributed by atoms with Gasteiger partial charge in [0, 0.05) is 12.5 Å². The highest BCUT2D eigenvalue weighted by atomic mass is 32.1. The number of ether oxygens (including phenoxy) is 1. The fourth-order valence-electron chi connectivity index (χ4n) is 1.97. The van der Waals surface area contributed by atoms with Crippen LogP contribution in [0.5, 0.6) is 0 Å². The summed E-state index contributed by atoms with van der Waals surface area (Å²) in [4.78, 5) is 7.84. The third-order valence-corrected chi connectivity index (χ3v) is 5.89. The molecule has 0 N–H and O–H groups in total. The molecule has 0 saturated heterocycles. The molecule has 4 nitrogen and oxygen atoms in total. The number of thiazole rings is 1. The Morgan fingerprint density at radius 1 is 1.22 bits per heavy atom. The lowest BCUT2D eigenvalue weighted by Crippen LogP contribution is -2.13. The van der Waals surface area contributed by atoms with E-state index in [-0.39, 0.29) is 0 Å². The molecule has 0 amide bonds. The largest absolute Gasteiger partial charge is 0.383 e. The lowest BCUT2D eigenvalue weighted by Gasteiger charge is -2.01. The van der Waals surface area contributed by atoms with Gasteiger partial charge in [0.1, 0.15) is 0 Å². The molecule has 3 aromatic rings. The van der Waals surface area contributed by atoms with Gasteiger partial charge < -0.3 is 4.74 Å². The van der Waals surface area contributed by atoms with Gasteiger partial charge in [0.25, 0.3) is 0 Å². The van der Waals surface area contributed by atoms with Crippen molar-refractivity contribution in [3.05, 3.63) is 49.6 Å². The number of aromatic nitrogens is 1. The molecule has 0 fully saturated rings. The Morgan fingerprint density at radius 2 is 2.13 bits per heavy atom. The van der Waals surface area contributed by atoms with E-state index < -0.39 is 0 Å². The van der Waals surface area contributed by atoms with E-state index >= 15 is 0 Å². The summed E-state index contributed by atoms with van der Waals surface area (Å²) in [5.74, 6) is 0. The smallest absolute Gasteiger partial charge is 0.206 e. The van der Waals surface area contributed by atoms with Gasteiger partial charge in [-0.3, -0.25) is 4.99 Å². The van der Waals surface area contributed by atoms with Gasteiger partial charge in [-0.1, -0.05) is 6.07 Å². The third kappa shape index (κ3) is 3.87. The number of hydrogen-bond donors (Lipinski definition) is 0. The predicted molar refractivity (Wildman–Crippen MR) is 100.0 cm³/mol. The normalized spacial score (nSPS) is 12.5. The molecule has 23 heavy (non-hydrogen) atoms. The van der Waals surface area contributed by atoms with Crippen molar-refractivity contribution in [1.82, 2.24) is 4.68 Å². The number of hydrogen-bond acceptors (Lipinski definition) is 6. The van der Waals surface area contributed by atoms with Crippen molar-refractivity contribution in [3.8, 4) is 10.6 Å². The summed E-state index contributed by atoms with van der Waals surface area (Å²) in [7, 11) is 1.69. The summed E-state index contributed by atoms with van der Waals surface area (Å²) in [5.41, 5.74) is 2.32. The summed E-state index contributed by atoms with van der Waals surface area (Å²) in [6.07, 6.45) is 1.92. The van der Waals surface area contributed by atoms with Crippen LogP contribution in [0.4, 0.5) is 0 Å². The maximum atomic E-state index is 5.08. The lowest BCUT2D eigenvalue weighted by atomic mass is 10.3. The monoisotopic (exact) mass is 363 g/mol. The number of aryl methyl sites for hydroxylation is 1. The molecule has 0 spiro atoms. The van der Waals surface area contributed by atoms with Crippen molar-refractivity contribution in [3.63, 3.8) is 0 Å². The molecular weight excluding hydrogens is 346 g/mol. The van der Waals surface area contributed by atoms with Gasteiger partial charge in [0.2, 0.25) is 4.80 Å². The Kier molecular flexibility index (Phi) is 5.56. The molecule has 7 heteroatoms. The van der Waals surface area contributed by atoms with Crippen LogP contribution in [0.1, 0.15) is 10.4 Å². The van der Waals surface area contributed by atoms with Crippen molar-refractivity contribution in [2.75, 3.05) is 20.3 Å². The minimum absolute atomic E-state index is 0.611. The Labute approximate surface area is 147 Å². The van der Waals surface area contributed by atoms with Gasteiger partial charge in [-0.2, -0.15) is 5.10 Å². The summed E-state index contributed by atoms with van der Waals surface area (Å²) < 4.78 is 7.01. The van der Waals surface area contributed by atoms with E-state index in [2.05, 4.69) is 51.4 Å². The minimum Gasteiger partial charge on any atom is -0.383 e. The van der Waals surface area contributed by atoms with Crippen molar-refractivity contribution in [1.29, 1.82) is 0 Å². The molecule has 0 aromatic carbocycles. The second-order valence-electron chi connectivity index (χ2n) is 4.78. The van der Waals surface area contributed by atoms with Gasteiger partial charge in [0.05, 0.1) is 34.8 Å². The molecular formula is C16H17N3OS3. The van der Waals surface area contributed by atoms with Gasteiger partial charge in [-0.05, 0) is 35.4 Å². The third-order valence-electron chi connectivity index (χ3n) is 3.19. The van der Waals surface area contributed by atoms with Crippen LogP contribution in [0.15, 0.2) is 44.4 Å². The van der Waals surface area contributed by atoms with E-state index in [1.165, 1.54) is 15.3 Å². The van der Waals surface area contributed by atoms with Crippen LogP contribution in [-0.2, 0) is 4.74 Å². The van der Waals surface area contributed by atoms with Crippen molar-refractivity contribution >= 4 is 40.2 Å². The Balaban J connectivity index is 2.01. The van der Waals surface area contributed by atoms with E-state index in [4.69, 9.17) is 4.74 Å². The second-order valence-corrected chi connectivity index (χ2v) is 7.51. The zero-order valence-electron chi connectivity index (χ0n) is 12.9. The molecule has 3 heterocycles. The lowest BCUT2D eigenvalue weighted by molar-refractivity contribution is 0.207. The summed E-state index contributed by atoms with van der Waals surface area (Å²) in [6.45, 7) is 3.34. The van der Waals surface area contributed by atoms with Crippen LogP contribution in [0.2, 0.25) is 0 Å². The Morgan fingerprint density at radius 3 is 2.83 bits per heavy atom. The maximum absolute atomic E-state index is 5.08. The number of nitrogens with zero attached hydrogens (tertiary/aromatic N) is 3. The molecule has 120 valence electrons. The van der Waals surface area contributed by atoms with E-state index in [0.717, 1.165) is 10.5 Å². The fourth-order valence-corrected chi connectivity index (χ4v) is 4.41. The van der Waals surface area contributed by atoms with Crippen LogP contribution in [-0.4, -0.2) is 31.2 Å². The summed E-state index contributed by atoms with van der Waals surface area (Å²) >= 11 is 5.00. The zero-order chi connectivity index (χ0) is 16.1. The minimum atomic E-state index is 0.611. The Hall–Kier alpha value is -1.54. The first kappa shape index (κ1) is 16.3. The number of methoxy groups -OCH3 is 1. The molecule has 0 radical (unpaired) electrons. The standard InChI is InChI=1S/C16H17N3OS3/c1-12-5-9-22-15(12)10-18-19-13(14-4-3-8-21-14)11-23-16(19)17-6-7-20-2/h3-5,8-11H,6-7H2,1-2H3. The average molecular weight is 364 g/mol. The first-order chi connectivity index (χ1) is 11.3. The van der Waals surface area contributed by atoms with Gasteiger partial charge in [-0.15, -0.1) is 34.0 Å². The van der Waals surface area contributed by atoms with E-state index in [0.29, 0.717) is 13.2 Å². The summed E-state index contributed by atoms with van der Waals surface area (Å²) in [6, 6.07) is 6.26. The van der Waals surface area contributed by atoms with Gasteiger partial charge in [0.15, 0.2) is 0 Å². The maximum Gasteiger partial charge on any atom is 0.206 e. The van der Waals surface area contributed by atoms with E-state index in [1.807, 2.05) is 10.9 Å². The molecule has 0 aliphatic heterocycles. The highest BCUT2D eigenvalue weighted by Gasteiger charge is 2.08. The molecule has 0 unspecified atom stereocenters. The highest BCUT2D eigenvalue weighted by Crippen LogP contribution is 2.25. The second kappa shape index (κ2) is 7.83. The molecule has 3 rings (SSSR count). The predicted octanol–water partition coefficient (Wildman–Crippen LogP) is 4.08. The topological polar surface area (TPSA) is 38.9 Å². The molecule has 0 atom stereocenters. The van der Waals surface area contributed by atoms with E-state index in [1.54, 1.807) is 41.1 Å². The molecule has 0 bridgehead atoms. The molecule has 0 saturated carbocycles. The van der Waals surface area contributed by atoms with Gasteiger partial charge in [-0.25, -0.2) is 4.68 Å². The van der Waals surface area contributed by atoms with Crippen LogP contribution >= 0.6 is 34.0 Å². The zero-order valence-corrected chi connectivity index (χ0v) is 15.4. The van der Waals surface area contributed by atoms with Crippen LogP contribution in [0.25, 0.3) is 10.6 Å². The molecule has 0 aliphatic carbocycles. The van der Waals surface area contributed by atoms with Crippen molar-refractivity contribution in [2.24, 2.45) is 10.1 Å². The van der Waals surface area contributed by atoms with Crippen LogP contribution in [0, 0.1) is 6.92 Å². The van der Waals surface area contributed by atoms with Crippen LogP contribution in [0.3, 0.4) is 0 Å². The highest BCUT2D eigenvalue weighted by molar-refractivity contribution is 7.14. The average Bonchev–Trinajstić information content (AvgIpc) is 3.26. The summed E-state index contributed by atoms with van der Waals surface area (Å²) in [5, 5.41) is 11.0. The number of rotatable bonds is 6. The van der Waals surface area contributed by atoms with E-state index in [9.17, 15) is 0 Å². The molecule has 0 aliphatic rings. The first-order valence-electron chi connectivity index (χ1n) is 7.12. The Bertz CT molecular complexity index is 840. The van der Waals surface area contributed by atoms with Gasteiger partial charge >= 0.3 is 0 Å². The quantitative estimate of drug-likeness (QED) is 0.480. The SMILES string of the molecule is COCCN=c1scc(-c2cccs2)n1N=Cc1sccc1C. The van der Waals surface area contributed by atoms with Crippen molar-refractivity contribution < 1.29 is 4.74 Å².